The first-order valence-corrected chi connectivity index (χ1v) is 14.7. The molecule has 5 rings (SSSR count). The van der Waals surface area contributed by atoms with Crippen LogP contribution in [0.4, 0.5) is 5.69 Å². The van der Waals surface area contributed by atoms with E-state index in [0.29, 0.717) is 17.9 Å². The Kier molecular flexibility index (Phi) is 7.49. The number of carbonyl (C=O) groups excluding carboxylic acids is 1. The fourth-order valence-electron chi connectivity index (χ4n) is 4.65. The molecule has 0 saturated heterocycles. The van der Waals surface area contributed by atoms with Crippen molar-refractivity contribution in [3.8, 4) is 11.1 Å². The number of benzene rings is 3. The number of aromatic nitrogens is 3. The van der Waals surface area contributed by atoms with Crippen molar-refractivity contribution < 1.29 is 13.2 Å². The fraction of sp³-hybridized carbons (Fsp3) is 0.226. The molecule has 0 atom stereocenters. The molecule has 0 aliphatic carbocycles. The number of H-pyrrole nitrogens is 1. The lowest BCUT2D eigenvalue weighted by Crippen LogP contribution is -2.26. The molecule has 0 radical (unpaired) electrons. The average molecular weight is 556 g/mol. The minimum Gasteiger partial charge on any atom is -0.351 e. The quantitative estimate of drug-likeness (QED) is 0.195. The molecule has 1 amide bonds. The number of fused-ring (bicyclic) bond motifs is 1. The number of hydrogen-bond donors (Lipinski definition) is 3. The van der Waals surface area contributed by atoms with Gasteiger partial charge in [0.2, 0.25) is 0 Å². The Hall–Kier alpha value is -4.37. The number of rotatable bonds is 9. The second-order valence-electron chi connectivity index (χ2n) is 10.8. The van der Waals surface area contributed by atoms with Gasteiger partial charge >= 0.3 is 0 Å². The largest absolute Gasteiger partial charge is 0.351 e. The minimum absolute atomic E-state index is 0.0765. The van der Waals surface area contributed by atoms with Crippen molar-refractivity contribution in [1.29, 1.82) is 0 Å². The lowest BCUT2D eigenvalue weighted by molar-refractivity contribution is 0.0949. The molecule has 0 aliphatic rings. The van der Waals surface area contributed by atoms with E-state index in [9.17, 15) is 13.2 Å². The Balaban J connectivity index is 1.43. The molecule has 40 heavy (non-hydrogen) atoms. The van der Waals surface area contributed by atoms with Crippen LogP contribution in [0.25, 0.3) is 22.0 Å². The van der Waals surface area contributed by atoms with Crippen LogP contribution in [0.15, 0.2) is 96.4 Å². The molecule has 206 valence electrons. The highest BCUT2D eigenvalue weighted by Crippen LogP contribution is 2.35. The molecule has 8 nitrogen and oxygen atoms in total. The van der Waals surface area contributed by atoms with Gasteiger partial charge in [0.05, 0.1) is 11.2 Å². The van der Waals surface area contributed by atoms with Crippen LogP contribution >= 0.6 is 0 Å². The molecule has 0 saturated carbocycles. The molecule has 2 aromatic heterocycles. The van der Waals surface area contributed by atoms with Gasteiger partial charge in [0, 0.05) is 47.6 Å². The third-order valence-electron chi connectivity index (χ3n) is 6.81. The molecular formula is C31H33N5O3S. The molecular weight excluding hydrogens is 522 g/mol. The SMILES string of the molecule is CC(C)(C)c1ccc(S(=O)(=O)Nc2ccc3[nH]c(C(=O)NCCCn4ccnc4)c(-c4ccccc4)c3c2)cc1. The first-order valence-electron chi connectivity index (χ1n) is 13.2. The highest BCUT2D eigenvalue weighted by molar-refractivity contribution is 7.92. The number of imidazole rings is 1. The van der Waals surface area contributed by atoms with Gasteiger partial charge in [-0.15, -0.1) is 0 Å². The average Bonchev–Trinajstić information content (AvgIpc) is 3.59. The Labute approximate surface area is 234 Å². The van der Waals surface area contributed by atoms with Crippen LogP contribution in [0.1, 0.15) is 43.2 Å². The van der Waals surface area contributed by atoms with Crippen molar-refractivity contribution in [2.45, 2.75) is 44.0 Å². The molecule has 2 heterocycles. The van der Waals surface area contributed by atoms with Crippen LogP contribution in [-0.4, -0.2) is 35.4 Å². The number of aromatic amines is 1. The van der Waals surface area contributed by atoms with E-state index in [-0.39, 0.29) is 16.2 Å². The van der Waals surface area contributed by atoms with Crippen molar-refractivity contribution >= 4 is 32.5 Å². The number of hydrogen-bond acceptors (Lipinski definition) is 4. The van der Waals surface area contributed by atoms with Crippen LogP contribution in [0, 0.1) is 0 Å². The van der Waals surface area contributed by atoms with E-state index in [0.717, 1.165) is 40.6 Å². The highest BCUT2D eigenvalue weighted by atomic mass is 32.2. The summed E-state index contributed by atoms with van der Waals surface area (Å²) in [7, 11) is -3.81. The zero-order chi connectivity index (χ0) is 28.3. The van der Waals surface area contributed by atoms with Gasteiger partial charge in [-0.05, 0) is 53.3 Å². The van der Waals surface area contributed by atoms with Crippen LogP contribution < -0.4 is 10.0 Å². The second kappa shape index (κ2) is 11.0. The molecule has 3 N–H and O–H groups in total. The molecule has 0 unspecified atom stereocenters. The summed E-state index contributed by atoms with van der Waals surface area (Å²) < 4.78 is 31.1. The van der Waals surface area contributed by atoms with Gasteiger partial charge in [-0.3, -0.25) is 9.52 Å². The Morgan fingerprint density at radius 1 is 1.00 bits per heavy atom. The summed E-state index contributed by atoms with van der Waals surface area (Å²) in [4.78, 5) is 20.8. The van der Waals surface area contributed by atoms with Gasteiger partial charge in [-0.1, -0.05) is 63.2 Å². The Bertz CT molecular complexity index is 1720. The van der Waals surface area contributed by atoms with Crippen LogP contribution in [0.2, 0.25) is 0 Å². The summed E-state index contributed by atoms with van der Waals surface area (Å²) in [6.45, 7) is 7.50. The third kappa shape index (κ3) is 5.94. The third-order valence-corrected chi connectivity index (χ3v) is 8.21. The van der Waals surface area contributed by atoms with E-state index < -0.39 is 10.0 Å². The lowest BCUT2D eigenvalue weighted by Gasteiger charge is -2.19. The van der Waals surface area contributed by atoms with Gasteiger partial charge in [0.25, 0.3) is 15.9 Å². The number of nitrogens with one attached hydrogen (secondary N) is 3. The Morgan fingerprint density at radius 2 is 1.75 bits per heavy atom. The summed E-state index contributed by atoms with van der Waals surface area (Å²) in [6.07, 6.45) is 6.12. The van der Waals surface area contributed by atoms with Crippen molar-refractivity contribution in [1.82, 2.24) is 19.9 Å². The monoisotopic (exact) mass is 555 g/mol. The number of amides is 1. The highest BCUT2D eigenvalue weighted by Gasteiger charge is 2.21. The molecule has 0 aliphatic heterocycles. The normalized spacial score (nSPS) is 12.0. The second-order valence-corrected chi connectivity index (χ2v) is 12.5. The summed E-state index contributed by atoms with van der Waals surface area (Å²) in [5.41, 5.74) is 4.14. The van der Waals surface area contributed by atoms with Crippen molar-refractivity contribution in [2.75, 3.05) is 11.3 Å². The number of anilines is 1. The van der Waals surface area contributed by atoms with E-state index in [1.54, 1.807) is 42.9 Å². The summed E-state index contributed by atoms with van der Waals surface area (Å²) >= 11 is 0. The number of nitrogens with zero attached hydrogens (tertiary/aromatic N) is 2. The maximum atomic E-state index is 13.3. The minimum atomic E-state index is -3.81. The van der Waals surface area contributed by atoms with Crippen LogP contribution in [0.5, 0.6) is 0 Å². The smallest absolute Gasteiger partial charge is 0.268 e. The van der Waals surface area contributed by atoms with E-state index in [1.807, 2.05) is 53.2 Å². The maximum absolute atomic E-state index is 13.3. The van der Waals surface area contributed by atoms with Gasteiger partial charge in [0.1, 0.15) is 5.69 Å². The summed E-state index contributed by atoms with van der Waals surface area (Å²) in [6, 6.07) is 21.8. The van der Waals surface area contributed by atoms with Crippen molar-refractivity contribution in [3.63, 3.8) is 0 Å². The summed E-state index contributed by atoms with van der Waals surface area (Å²) in [5.74, 6) is -0.221. The zero-order valence-electron chi connectivity index (χ0n) is 22.8. The number of carbonyl (C=O) groups is 1. The maximum Gasteiger partial charge on any atom is 0.268 e. The van der Waals surface area contributed by atoms with Gasteiger partial charge < -0.3 is 14.9 Å². The fourth-order valence-corrected chi connectivity index (χ4v) is 5.70. The topological polar surface area (TPSA) is 109 Å². The standard InChI is InChI=1S/C31H33N5O3S/c1-31(2,3)23-10-13-25(14-11-23)40(38,39)35-24-12-15-27-26(20-24)28(22-8-5-4-6-9-22)29(34-27)30(37)33-16-7-18-36-19-17-32-21-36/h4-6,8-15,17,19-21,34-35H,7,16,18H2,1-3H3,(H,33,37). The predicted octanol–water partition coefficient (Wildman–Crippen LogP) is 5.95. The van der Waals surface area contributed by atoms with E-state index in [2.05, 4.69) is 40.8 Å². The van der Waals surface area contributed by atoms with Crippen molar-refractivity contribution in [2.24, 2.45) is 0 Å². The van der Waals surface area contributed by atoms with E-state index in [4.69, 9.17) is 0 Å². The Morgan fingerprint density at radius 3 is 2.42 bits per heavy atom. The first kappa shape index (κ1) is 27.2. The number of aryl methyl sites for hydroxylation is 1. The molecule has 3 aromatic carbocycles. The molecule has 0 spiro atoms. The van der Waals surface area contributed by atoms with Crippen LogP contribution in [-0.2, 0) is 22.0 Å². The van der Waals surface area contributed by atoms with Gasteiger partial charge in [0.15, 0.2) is 0 Å². The molecule has 5 aromatic rings. The first-order chi connectivity index (χ1) is 19.1. The van der Waals surface area contributed by atoms with E-state index in [1.165, 1.54) is 0 Å². The predicted molar refractivity (Wildman–Crippen MR) is 159 cm³/mol. The molecule has 0 fully saturated rings. The number of sulfonamides is 1. The lowest BCUT2D eigenvalue weighted by atomic mass is 9.87. The van der Waals surface area contributed by atoms with Gasteiger partial charge in [-0.25, -0.2) is 13.4 Å². The molecule has 9 heteroatoms. The van der Waals surface area contributed by atoms with Gasteiger partial charge in [-0.2, -0.15) is 0 Å². The zero-order valence-corrected chi connectivity index (χ0v) is 23.6. The summed E-state index contributed by atoms with van der Waals surface area (Å²) in [5, 5.41) is 3.75. The molecule has 0 bridgehead atoms. The van der Waals surface area contributed by atoms with Crippen molar-refractivity contribution in [3.05, 3.63) is 103 Å². The van der Waals surface area contributed by atoms with Crippen LogP contribution in [0.3, 0.4) is 0 Å². The van der Waals surface area contributed by atoms with E-state index >= 15 is 0 Å².